The zero-order valence-electron chi connectivity index (χ0n) is 10.2. The monoisotopic (exact) mass is 317 g/mol. The third-order valence-electron chi connectivity index (χ3n) is 2.76. The van der Waals surface area contributed by atoms with Crippen molar-refractivity contribution in [1.29, 1.82) is 0 Å². The van der Waals surface area contributed by atoms with Crippen LogP contribution in [0.2, 0.25) is 10.0 Å². The van der Waals surface area contributed by atoms with Gasteiger partial charge < -0.3 is 10.4 Å². The standard InChI is InChI=1S/C14H11Cl2F2NO/c15-10-2-1-3-12(14(10)16)19-7-13(20)9-5-4-8(17)6-11(9)18/h1-6,13,19-20H,7H2. The lowest BCUT2D eigenvalue weighted by atomic mass is 10.1. The van der Waals surface area contributed by atoms with Crippen molar-refractivity contribution in [3.63, 3.8) is 0 Å². The van der Waals surface area contributed by atoms with Crippen LogP contribution in [0.1, 0.15) is 11.7 Å². The highest BCUT2D eigenvalue weighted by molar-refractivity contribution is 6.43. The lowest BCUT2D eigenvalue weighted by Crippen LogP contribution is -2.13. The summed E-state index contributed by atoms with van der Waals surface area (Å²) in [5.74, 6) is -1.49. The highest BCUT2D eigenvalue weighted by Gasteiger charge is 2.14. The van der Waals surface area contributed by atoms with E-state index >= 15 is 0 Å². The highest BCUT2D eigenvalue weighted by Crippen LogP contribution is 2.30. The van der Waals surface area contributed by atoms with E-state index in [1.807, 2.05) is 0 Å². The zero-order chi connectivity index (χ0) is 14.7. The van der Waals surface area contributed by atoms with Crippen LogP contribution in [0.5, 0.6) is 0 Å². The Hall–Kier alpha value is -1.36. The molecule has 0 saturated heterocycles. The number of hydrogen-bond donors (Lipinski definition) is 2. The minimum atomic E-state index is -1.13. The Morgan fingerprint density at radius 1 is 1.15 bits per heavy atom. The number of nitrogens with one attached hydrogen (secondary N) is 1. The van der Waals surface area contributed by atoms with Gasteiger partial charge in [-0.25, -0.2) is 8.78 Å². The van der Waals surface area contributed by atoms with Crippen LogP contribution in [-0.2, 0) is 0 Å². The Bertz CT molecular complexity index is 622. The normalized spacial score (nSPS) is 12.2. The van der Waals surface area contributed by atoms with Crippen molar-refractivity contribution in [2.75, 3.05) is 11.9 Å². The Morgan fingerprint density at radius 3 is 2.60 bits per heavy atom. The second kappa shape index (κ2) is 6.39. The first-order chi connectivity index (χ1) is 9.49. The SMILES string of the molecule is OC(CNc1cccc(Cl)c1Cl)c1ccc(F)cc1F. The van der Waals surface area contributed by atoms with Gasteiger partial charge in [-0.3, -0.25) is 0 Å². The second-order valence-electron chi connectivity index (χ2n) is 4.16. The van der Waals surface area contributed by atoms with Crippen molar-refractivity contribution in [3.8, 4) is 0 Å². The molecule has 0 aliphatic carbocycles. The number of aliphatic hydroxyl groups excluding tert-OH is 1. The molecule has 2 aromatic rings. The van der Waals surface area contributed by atoms with E-state index in [2.05, 4.69) is 5.32 Å². The molecular weight excluding hydrogens is 307 g/mol. The fourth-order valence-electron chi connectivity index (χ4n) is 1.73. The summed E-state index contributed by atoms with van der Waals surface area (Å²) < 4.78 is 26.3. The van der Waals surface area contributed by atoms with Crippen LogP contribution in [0, 0.1) is 11.6 Å². The summed E-state index contributed by atoms with van der Waals surface area (Å²) >= 11 is 11.8. The van der Waals surface area contributed by atoms with Crippen molar-refractivity contribution in [1.82, 2.24) is 0 Å². The van der Waals surface area contributed by atoms with E-state index in [0.717, 1.165) is 12.1 Å². The third kappa shape index (κ3) is 3.39. The lowest BCUT2D eigenvalue weighted by molar-refractivity contribution is 0.186. The van der Waals surface area contributed by atoms with Crippen LogP contribution in [-0.4, -0.2) is 11.7 Å². The van der Waals surface area contributed by atoms with Crippen molar-refractivity contribution in [2.45, 2.75) is 6.10 Å². The second-order valence-corrected chi connectivity index (χ2v) is 4.95. The number of benzene rings is 2. The zero-order valence-corrected chi connectivity index (χ0v) is 11.7. The van der Waals surface area contributed by atoms with Gasteiger partial charge in [-0.15, -0.1) is 0 Å². The lowest BCUT2D eigenvalue weighted by Gasteiger charge is -2.15. The van der Waals surface area contributed by atoms with Gasteiger partial charge in [0.1, 0.15) is 11.6 Å². The van der Waals surface area contributed by atoms with E-state index in [1.54, 1.807) is 18.2 Å². The van der Waals surface area contributed by atoms with Crippen LogP contribution in [0.3, 0.4) is 0 Å². The van der Waals surface area contributed by atoms with Gasteiger partial charge in [0.15, 0.2) is 0 Å². The quantitative estimate of drug-likeness (QED) is 0.875. The van der Waals surface area contributed by atoms with Crippen LogP contribution in [0.25, 0.3) is 0 Å². The molecule has 0 spiro atoms. The van der Waals surface area contributed by atoms with Gasteiger partial charge in [-0.05, 0) is 18.2 Å². The molecule has 2 nitrogen and oxygen atoms in total. The fraction of sp³-hybridized carbons (Fsp3) is 0.143. The molecule has 0 aliphatic rings. The van der Waals surface area contributed by atoms with E-state index in [9.17, 15) is 13.9 Å². The maximum Gasteiger partial charge on any atom is 0.131 e. The van der Waals surface area contributed by atoms with Crippen molar-refractivity contribution in [3.05, 3.63) is 63.6 Å². The Labute approximate surface area is 125 Å². The van der Waals surface area contributed by atoms with E-state index in [0.29, 0.717) is 15.7 Å². The number of anilines is 1. The Kier molecular flexibility index (Phi) is 4.81. The van der Waals surface area contributed by atoms with E-state index in [1.165, 1.54) is 6.07 Å². The first kappa shape index (κ1) is 15.0. The topological polar surface area (TPSA) is 32.3 Å². The molecule has 0 heterocycles. The molecular formula is C14H11Cl2F2NO. The molecule has 1 atom stereocenters. The number of hydrogen-bond acceptors (Lipinski definition) is 2. The molecule has 0 bridgehead atoms. The van der Waals surface area contributed by atoms with Gasteiger partial charge in [-0.2, -0.15) is 0 Å². The molecule has 0 aliphatic heterocycles. The van der Waals surface area contributed by atoms with Crippen LogP contribution in [0.4, 0.5) is 14.5 Å². The summed E-state index contributed by atoms with van der Waals surface area (Å²) in [6, 6.07) is 8.03. The predicted molar refractivity (Wildman–Crippen MR) is 76.3 cm³/mol. The molecule has 106 valence electrons. The first-order valence-electron chi connectivity index (χ1n) is 5.80. The molecule has 2 rings (SSSR count). The van der Waals surface area contributed by atoms with Crippen LogP contribution in [0.15, 0.2) is 36.4 Å². The van der Waals surface area contributed by atoms with E-state index < -0.39 is 17.7 Å². The van der Waals surface area contributed by atoms with Gasteiger partial charge >= 0.3 is 0 Å². The minimum absolute atomic E-state index is 0.0112. The third-order valence-corrected chi connectivity index (χ3v) is 3.58. The molecule has 2 N–H and O–H groups in total. The summed E-state index contributed by atoms with van der Waals surface area (Å²) in [4.78, 5) is 0. The molecule has 6 heteroatoms. The molecule has 0 amide bonds. The molecule has 1 unspecified atom stereocenters. The summed E-state index contributed by atoms with van der Waals surface area (Å²) in [5.41, 5.74) is 0.540. The average molecular weight is 318 g/mol. The number of rotatable bonds is 4. The number of aliphatic hydroxyl groups is 1. The number of halogens is 4. The first-order valence-corrected chi connectivity index (χ1v) is 6.55. The van der Waals surface area contributed by atoms with E-state index in [-0.39, 0.29) is 12.1 Å². The maximum atomic E-state index is 13.5. The largest absolute Gasteiger partial charge is 0.386 e. The van der Waals surface area contributed by atoms with Gasteiger partial charge in [0.2, 0.25) is 0 Å². The van der Waals surface area contributed by atoms with Crippen LogP contribution < -0.4 is 5.32 Å². The molecule has 0 fully saturated rings. The summed E-state index contributed by atoms with van der Waals surface area (Å²) in [5, 5.41) is 13.5. The molecule has 0 saturated carbocycles. The maximum absolute atomic E-state index is 13.5. The van der Waals surface area contributed by atoms with Crippen molar-refractivity contribution in [2.24, 2.45) is 0 Å². The summed E-state index contributed by atoms with van der Waals surface area (Å²) in [7, 11) is 0. The molecule has 20 heavy (non-hydrogen) atoms. The molecule has 2 aromatic carbocycles. The van der Waals surface area contributed by atoms with E-state index in [4.69, 9.17) is 23.2 Å². The fourth-order valence-corrected chi connectivity index (χ4v) is 2.10. The van der Waals surface area contributed by atoms with Gasteiger partial charge in [0.05, 0.1) is 21.8 Å². The Balaban J connectivity index is 2.08. The Morgan fingerprint density at radius 2 is 1.90 bits per heavy atom. The minimum Gasteiger partial charge on any atom is -0.386 e. The van der Waals surface area contributed by atoms with Crippen molar-refractivity contribution >= 4 is 28.9 Å². The predicted octanol–water partition coefficient (Wildman–Crippen LogP) is 4.42. The van der Waals surface area contributed by atoms with Gasteiger partial charge in [0, 0.05) is 18.2 Å². The summed E-state index contributed by atoms with van der Waals surface area (Å²) in [6.45, 7) is 0.0165. The average Bonchev–Trinajstić information content (AvgIpc) is 2.40. The van der Waals surface area contributed by atoms with Crippen molar-refractivity contribution < 1.29 is 13.9 Å². The van der Waals surface area contributed by atoms with Crippen LogP contribution >= 0.6 is 23.2 Å². The molecule has 0 radical (unpaired) electrons. The van der Waals surface area contributed by atoms with Gasteiger partial charge in [0.25, 0.3) is 0 Å². The smallest absolute Gasteiger partial charge is 0.131 e. The summed E-state index contributed by atoms with van der Waals surface area (Å²) in [6.07, 6.45) is -1.13. The van der Waals surface area contributed by atoms with Gasteiger partial charge in [-0.1, -0.05) is 35.3 Å². The molecule has 0 aromatic heterocycles. The highest BCUT2D eigenvalue weighted by atomic mass is 35.5.